The number of aliphatic hydroxyl groups is 1. The molecule has 0 heterocycles. The first-order valence-electron chi connectivity index (χ1n) is 5.21. The summed E-state index contributed by atoms with van der Waals surface area (Å²) in [6.07, 6.45) is 2.98. The lowest BCUT2D eigenvalue weighted by molar-refractivity contribution is 0.0242. The van der Waals surface area contributed by atoms with E-state index < -0.39 is 0 Å². The summed E-state index contributed by atoms with van der Waals surface area (Å²) in [4.78, 5) is 0. The predicted octanol–water partition coefficient (Wildman–Crippen LogP) is 0.151. The topological polar surface area (TPSA) is 50.7 Å². The summed E-state index contributed by atoms with van der Waals surface area (Å²) < 4.78 is 10.2. The highest BCUT2D eigenvalue weighted by Gasteiger charge is 2.25. The number of ether oxygens (including phenoxy) is 2. The van der Waals surface area contributed by atoms with E-state index in [1.807, 2.05) is 0 Å². The lowest BCUT2D eigenvalue weighted by Gasteiger charge is -2.20. The van der Waals surface area contributed by atoms with Crippen molar-refractivity contribution in [3.05, 3.63) is 0 Å². The fourth-order valence-corrected chi connectivity index (χ4v) is 1.86. The van der Waals surface area contributed by atoms with Crippen LogP contribution in [0.15, 0.2) is 0 Å². The van der Waals surface area contributed by atoms with Gasteiger partial charge >= 0.3 is 0 Å². The van der Waals surface area contributed by atoms with Crippen molar-refractivity contribution >= 4 is 0 Å². The van der Waals surface area contributed by atoms with Crippen molar-refractivity contribution in [3.63, 3.8) is 0 Å². The van der Waals surface area contributed by atoms with Gasteiger partial charge in [0.05, 0.1) is 18.8 Å². The third-order valence-corrected chi connectivity index (χ3v) is 2.77. The molecule has 84 valence electrons. The van der Waals surface area contributed by atoms with Gasteiger partial charge in [-0.1, -0.05) is 0 Å². The van der Waals surface area contributed by atoms with Gasteiger partial charge in [-0.05, 0) is 19.3 Å². The van der Waals surface area contributed by atoms with E-state index in [2.05, 4.69) is 5.32 Å². The Hall–Kier alpha value is -0.160. The molecule has 2 N–H and O–H groups in total. The van der Waals surface area contributed by atoms with Gasteiger partial charge in [-0.3, -0.25) is 0 Å². The number of nitrogens with one attached hydrogen (secondary N) is 1. The minimum absolute atomic E-state index is 0.0767. The van der Waals surface area contributed by atoms with Crippen LogP contribution in [0.4, 0.5) is 0 Å². The Kier molecular flexibility index (Phi) is 5.40. The third kappa shape index (κ3) is 3.53. The number of hydrogen-bond acceptors (Lipinski definition) is 4. The Labute approximate surface area is 85.6 Å². The smallest absolute Gasteiger partial charge is 0.0928 e. The molecule has 0 aromatic rings. The van der Waals surface area contributed by atoms with Crippen molar-refractivity contribution in [2.75, 3.05) is 27.4 Å². The molecule has 0 bridgehead atoms. The predicted molar refractivity (Wildman–Crippen MR) is 54.3 cm³/mol. The second-order valence-corrected chi connectivity index (χ2v) is 3.83. The van der Waals surface area contributed by atoms with Gasteiger partial charge < -0.3 is 19.9 Å². The van der Waals surface area contributed by atoms with E-state index in [1.165, 1.54) is 0 Å². The van der Waals surface area contributed by atoms with E-state index in [9.17, 15) is 5.11 Å². The van der Waals surface area contributed by atoms with Crippen LogP contribution in [0.25, 0.3) is 0 Å². The highest BCUT2D eigenvalue weighted by Crippen LogP contribution is 2.18. The zero-order valence-corrected chi connectivity index (χ0v) is 9.03. The van der Waals surface area contributed by atoms with Gasteiger partial charge in [0.2, 0.25) is 0 Å². The fraction of sp³-hybridized carbons (Fsp3) is 1.00. The maximum absolute atomic E-state index is 9.57. The van der Waals surface area contributed by atoms with Crippen molar-refractivity contribution in [3.8, 4) is 0 Å². The van der Waals surface area contributed by atoms with Crippen molar-refractivity contribution in [2.45, 2.75) is 37.5 Å². The summed E-state index contributed by atoms with van der Waals surface area (Å²) in [5.41, 5.74) is 0. The van der Waals surface area contributed by atoms with Crippen LogP contribution in [0.5, 0.6) is 0 Å². The monoisotopic (exact) mass is 203 g/mol. The molecule has 1 rings (SSSR count). The molecule has 3 atom stereocenters. The molecule has 4 heteroatoms. The lowest BCUT2D eigenvalue weighted by atomic mass is 10.2. The Morgan fingerprint density at radius 2 is 2.21 bits per heavy atom. The molecule has 1 aliphatic carbocycles. The maximum atomic E-state index is 9.57. The van der Waals surface area contributed by atoms with Crippen LogP contribution in [0.2, 0.25) is 0 Å². The summed E-state index contributed by atoms with van der Waals surface area (Å²) in [6.45, 7) is 1.33. The van der Waals surface area contributed by atoms with Crippen LogP contribution in [0.3, 0.4) is 0 Å². The van der Waals surface area contributed by atoms with Crippen molar-refractivity contribution in [1.82, 2.24) is 5.32 Å². The molecule has 0 aromatic heterocycles. The van der Waals surface area contributed by atoms with Gasteiger partial charge in [-0.15, -0.1) is 0 Å². The third-order valence-electron chi connectivity index (χ3n) is 2.77. The average molecular weight is 203 g/mol. The van der Waals surface area contributed by atoms with Crippen LogP contribution in [-0.2, 0) is 9.47 Å². The van der Waals surface area contributed by atoms with E-state index in [1.54, 1.807) is 14.2 Å². The SMILES string of the molecule is COCC(CNC1CCCC1O)OC. The van der Waals surface area contributed by atoms with E-state index in [-0.39, 0.29) is 18.2 Å². The molecule has 0 spiro atoms. The number of aliphatic hydroxyl groups excluding tert-OH is 1. The Morgan fingerprint density at radius 3 is 2.71 bits per heavy atom. The van der Waals surface area contributed by atoms with Crippen LogP contribution in [0.1, 0.15) is 19.3 Å². The molecule has 0 aromatic carbocycles. The Morgan fingerprint density at radius 1 is 1.43 bits per heavy atom. The molecular weight excluding hydrogens is 182 g/mol. The first kappa shape index (κ1) is 11.9. The summed E-state index contributed by atoms with van der Waals surface area (Å²) >= 11 is 0. The summed E-state index contributed by atoms with van der Waals surface area (Å²) in [6, 6.07) is 0.240. The van der Waals surface area contributed by atoms with Gasteiger partial charge in [0, 0.05) is 26.8 Å². The van der Waals surface area contributed by atoms with E-state index >= 15 is 0 Å². The molecule has 1 saturated carbocycles. The second kappa shape index (κ2) is 6.35. The normalized spacial score (nSPS) is 29.4. The minimum atomic E-state index is -0.185. The largest absolute Gasteiger partial charge is 0.392 e. The minimum Gasteiger partial charge on any atom is -0.392 e. The zero-order valence-electron chi connectivity index (χ0n) is 9.03. The second-order valence-electron chi connectivity index (χ2n) is 3.83. The maximum Gasteiger partial charge on any atom is 0.0928 e. The van der Waals surface area contributed by atoms with Gasteiger partial charge in [0.25, 0.3) is 0 Å². The molecule has 1 fully saturated rings. The molecule has 1 aliphatic rings. The quantitative estimate of drug-likeness (QED) is 0.645. The molecule has 0 radical (unpaired) electrons. The van der Waals surface area contributed by atoms with Gasteiger partial charge in [-0.25, -0.2) is 0 Å². The summed E-state index contributed by atoms with van der Waals surface area (Å²) in [7, 11) is 3.34. The molecule has 0 amide bonds. The van der Waals surface area contributed by atoms with Crippen LogP contribution in [0, 0.1) is 0 Å². The highest BCUT2D eigenvalue weighted by molar-refractivity contribution is 4.83. The molecule has 0 aliphatic heterocycles. The first-order valence-corrected chi connectivity index (χ1v) is 5.21. The lowest BCUT2D eigenvalue weighted by Crippen LogP contribution is -2.41. The fourth-order valence-electron chi connectivity index (χ4n) is 1.86. The molecule has 0 saturated heterocycles. The Balaban J connectivity index is 2.17. The number of hydrogen-bond donors (Lipinski definition) is 2. The average Bonchev–Trinajstić information content (AvgIpc) is 2.59. The molecule has 3 unspecified atom stereocenters. The van der Waals surface area contributed by atoms with Crippen molar-refractivity contribution in [2.24, 2.45) is 0 Å². The molecular formula is C10H21NO3. The van der Waals surface area contributed by atoms with Crippen LogP contribution in [-0.4, -0.2) is 50.7 Å². The zero-order chi connectivity index (χ0) is 10.4. The number of rotatable bonds is 6. The van der Waals surface area contributed by atoms with Gasteiger partial charge in [0.1, 0.15) is 0 Å². The van der Waals surface area contributed by atoms with E-state index in [4.69, 9.17) is 9.47 Å². The van der Waals surface area contributed by atoms with Crippen LogP contribution < -0.4 is 5.32 Å². The van der Waals surface area contributed by atoms with Crippen LogP contribution >= 0.6 is 0 Å². The summed E-state index contributed by atoms with van der Waals surface area (Å²) in [5, 5.41) is 12.9. The molecule has 14 heavy (non-hydrogen) atoms. The standard InChI is InChI=1S/C10H21NO3/c1-13-7-8(14-2)6-11-9-4-3-5-10(9)12/h8-12H,3-7H2,1-2H3. The first-order chi connectivity index (χ1) is 6.77. The van der Waals surface area contributed by atoms with E-state index in [0.29, 0.717) is 6.61 Å². The Bertz CT molecular complexity index is 154. The van der Waals surface area contributed by atoms with Gasteiger partial charge in [-0.2, -0.15) is 0 Å². The van der Waals surface area contributed by atoms with Crippen molar-refractivity contribution in [1.29, 1.82) is 0 Å². The van der Waals surface area contributed by atoms with E-state index in [0.717, 1.165) is 25.8 Å². The van der Waals surface area contributed by atoms with Crippen molar-refractivity contribution < 1.29 is 14.6 Å². The number of methoxy groups -OCH3 is 2. The van der Waals surface area contributed by atoms with Gasteiger partial charge in [0.15, 0.2) is 0 Å². The highest BCUT2D eigenvalue weighted by atomic mass is 16.5. The molecule has 4 nitrogen and oxygen atoms in total. The summed E-state index contributed by atoms with van der Waals surface area (Å²) in [5.74, 6) is 0.